The van der Waals surface area contributed by atoms with Crippen molar-refractivity contribution in [2.24, 2.45) is 0 Å². The van der Waals surface area contributed by atoms with Crippen molar-refractivity contribution in [2.45, 2.75) is 25.2 Å². The lowest BCUT2D eigenvalue weighted by molar-refractivity contribution is -0.0605. The Labute approximate surface area is 153 Å². The molecule has 1 N–H and O–H groups in total. The minimum absolute atomic E-state index is 0.00408. The first kappa shape index (κ1) is 15.9. The number of benzene rings is 1. The van der Waals surface area contributed by atoms with E-state index in [2.05, 4.69) is 25.8 Å². The molecular formula is C16H16N8O3. The highest BCUT2D eigenvalue weighted by Gasteiger charge is 2.38. The zero-order valence-corrected chi connectivity index (χ0v) is 14.2. The van der Waals surface area contributed by atoms with Crippen molar-refractivity contribution in [2.75, 3.05) is 13.1 Å². The predicted octanol–water partition coefficient (Wildman–Crippen LogP) is -0.0546. The number of hydrogen-bond acceptors (Lipinski definition) is 8. The van der Waals surface area contributed by atoms with E-state index in [0.717, 1.165) is 5.69 Å². The van der Waals surface area contributed by atoms with Crippen LogP contribution < -0.4 is 0 Å². The lowest BCUT2D eigenvalue weighted by atomic mass is 9.99. The van der Waals surface area contributed by atoms with Gasteiger partial charge in [-0.2, -0.15) is 0 Å². The van der Waals surface area contributed by atoms with Crippen LogP contribution >= 0.6 is 0 Å². The minimum Gasteiger partial charge on any atom is -0.507 e. The Morgan fingerprint density at radius 1 is 1.26 bits per heavy atom. The number of ether oxygens (including phenoxy) is 1. The first-order valence-electron chi connectivity index (χ1n) is 8.57. The van der Waals surface area contributed by atoms with Gasteiger partial charge in [0.15, 0.2) is 0 Å². The number of phenolic OH excluding ortho intramolecular Hbond substituents is 1. The highest BCUT2D eigenvalue weighted by molar-refractivity contribution is 5.97. The Balaban J connectivity index is 1.43. The lowest BCUT2D eigenvalue weighted by Crippen LogP contribution is -2.49. The number of nitrogens with zero attached hydrogens (tertiary/aromatic N) is 8. The first-order valence-corrected chi connectivity index (χ1v) is 8.57. The average Bonchev–Trinajstić information content (AvgIpc) is 3.39. The molecule has 0 aliphatic carbocycles. The molecule has 4 heterocycles. The zero-order valence-electron chi connectivity index (χ0n) is 14.2. The molecular weight excluding hydrogens is 352 g/mol. The van der Waals surface area contributed by atoms with Crippen molar-refractivity contribution >= 4 is 5.91 Å². The predicted molar refractivity (Wildman–Crippen MR) is 89.0 cm³/mol. The number of rotatable bonds is 2. The van der Waals surface area contributed by atoms with Crippen molar-refractivity contribution in [1.82, 2.24) is 40.1 Å². The van der Waals surface area contributed by atoms with Gasteiger partial charge in [0.1, 0.15) is 12.1 Å². The number of tetrazole rings is 1. The van der Waals surface area contributed by atoms with Gasteiger partial charge >= 0.3 is 0 Å². The molecule has 1 saturated heterocycles. The van der Waals surface area contributed by atoms with E-state index < -0.39 is 0 Å². The van der Waals surface area contributed by atoms with E-state index in [1.807, 2.05) is 4.68 Å². The van der Waals surface area contributed by atoms with Crippen molar-refractivity contribution in [3.05, 3.63) is 42.0 Å². The molecule has 5 rings (SSSR count). The van der Waals surface area contributed by atoms with Crippen LogP contribution in [0.25, 0.3) is 5.69 Å². The van der Waals surface area contributed by atoms with Crippen LogP contribution in [0.1, 0.15) is 28.5 Å². The van der Waals surface area contributed by atoms with E-state index in [4.69, 9.17) is 4.74 Å². The SMILES string of the molecule is O=C(c1cc(-n2cnnn2)ccc1O)N1CC[C@H]2OCc3cnnn3[C@@H]2C1. The molecule has 11 nitrogen and oxygen atoms in total. The van der Waals surface area contributed by atoms with Gasteiger partial charge in [0, 0.05) is 13.1 Å². The summed E-state index contributed by atoms with van der Waals surface area (Å²) in [5.74, 6) is -0.339. The average molecular weight is 368 g/mol. The van der Waals surface area contributed by atoms with Crippen LogP contribution in [0.2, 0.25) is 0 Å². The molecule has 2 aliphatic rings. The molecule has 0 bridgehead atoms. The molecule has 1 amide bonds. The quantitative estimate of drug-likeness (QED) is 0.667. The number of aromatic nitrogens is 7. The summed E-state index contributed by atoms with van der Waals surface area (Å²) in [5.41, 5.74) is 1.70. The third-order valence-electron chi connectivity index (χ3n) is 5.04. The van der Waals surface area contributed by atoms with Crippen molar-refractivity contribution in [3.8, 4) is 11.4 Å². The number of carbonyl (C=O) groups is 1. The molecule has 1 fully saturated rings. The molecule has 1 aromatic carbocycles. The fraction of sp³-hybridized carbons (Fsp3) is 0.375. The van der Waals surface area contributed by atoms with Crippen LogP contribution in [-0.2, 0) is 11.3 Å². The number of piperidine rings is 1. The van der Waals surface area contributed by atoms with Crippen molar-refractivity contribution < 1.29 is 14.6 Å². The van der Waals surface area contributed by atoms with Gasteiger partial charge in [0.25, 0.3) is 5.91 Å². The topological polar surface area (TPSA) is 124 Å². The van der Waals surface area contributed by atoms with Crippen LogP contribution in [0.5, 0.6) is 5.75 Å². The molecule has 0 radical (unpaired) electrons. The molecule has 27 heavy (non-hydrogen) atoms. The van der Waals surface area contributed by atoms with E-state index in [0.29, 0.717) is 31.8 Å². The number of carbonyl (C=O) groups excluding carboxylic acids is 1. The summed E-state index contributed by atoms with van der Waals surface area (Å²) < 4.78 is 9.15. The van der Waals surface area contributed by atoms with Gasteiger partial charge in [-0.3, -0.25) is 4.79 Å². The van der Waals surface area contributed by atoms with Gasteiger partial charge in [-0.05, 0) is 35.0 Å². The number of phenols is 1. The van der Waals surface area contributed by atoms with Gasteiger partial charge < -0.3 is 14.7 Å². The maximum atomic E-state index is 13.1. The summed E-state index contributed by atoms with van der Waals surface area (Å²) in [6, 6.07) is 4.61. The Kier molecular flexibility index (Phi) is 3.60. The van der Waals surface area contributed by atoms with Gasteiger partial charge in [-0.25, -0.2) is 9.36 Å². The Hall–Kier alpha value is -3.34. The van der Waals surface area contributed by atoms with Gasteiger partial charge in [0.05, 0.1) is 41.9 Å². The smallest absolute Gasteiger partial charge is 0.257 e. The fourth-order valence-electron chi connectivity index (χ4n) is 3.65. The molecule has 2 atom stereocenters. The van der Waals surface area contributed by atoms with Crippen LogP contribution in [0, 0.1) is 0 Å². The number of fused-ring (bicyclic) bond motifs is 3. The minimum atomic E-state index is -0.256. The number of amides is 1. The van der Waals surface area contributed by atoms with Crippen LogP contribution in [0.15, 0.2) is 30.7 Å². The number of aromatic hydroxyl groups is 1. The van der Waals surface area contributed by atoms with Gasteiger partial charge in [-0.1, -0.05) is 5.21 Å². The van der Waals surface area contributed by atoms with E-state index in [1.54, 1.807) is 23.2 Å². The summed E-state index contributed by atoms with van der Waals surface area (Å²) in [6.45, 7) is 1.46. The second-order valence-electron chi connectivity index (χ2n) is 6.58. The fourth-order valence-corrected chi connectivity index (χ4v) is 3.65. The highest BCUT2D eigenvalue weighted by Crippen LogP contribution is 2.31. The largest absolute Gasteiger partial charge is 0.507 e. The monoisotopic (exact) mass is 368 g/mol. The van der Waals surface area contributed by atoms with E-state index in [-0.39, 0.29) is 29.4 Å². The lowest BCUT2D eigenvalue weighted by Gasteiger charge is -2.41. The third kappa shape index (κ3) is 2.63. The third-order valence-corrected chi connectivity index (χ3v) is 5.04. The molecule has 0 unspecified atom stereocenters. The van der Waals surface area contributed by atoms with E-state index >= 15 is 0 Å². The van der Waals surface area contributed by atoms with Crippen molar-refractivity contribution in [1.29, 1.82) is 0 Å². The number of likely N-dealkylation sites (tertiary alicyclic amines) is 1. The molecule has 2 aromatic heterocycles. The van der Waals surface area contributed by atoms with E-state index in [1.165, 1.54) is 17.1 Å². The van der Waals surface area contributed by atoms with E-state index in [9.17, 15) is 9.90 Å². The Morgan fingerprint density at radius 2 is 2.19 bits per heavy atom. The maximum absolute atomic E-state index is 13.1. The molecule has 11 heteroatoms. The molecule has 3 aromatic rings. The summed E-state index contributed by atoms with van der Waals surface area (Å²) in [4.78, 5) is 14.8. The van der Waals surface area contributed by atoms with Crippen molar-refractivity contribution in [3.63, 3.8) is 0 Å². The van der Waals surface area contributed by atoms with Crippen LogP contribution in [0.4, 0.5) is 0 Å². The second kappa shape index (κ2) is 6.13. The normalized spacial score (nSPS) is 21.6. The standard InChI is InChI=1S/C16H16N8O3/c25-14-2-1-10(23-9-18-19-21-23)5-12(14)16(26)22-4-3-15-13(7-22)24-11(8-27-15)6-17-20-24/h1-2,5-6,9,13,15,25H,3-4,7-8H2/t13-,15-/m1/s1. The molecule has 0 spiro atoms. The summed E-state index contributed by atoms with van der Waals surface area (Å²) in [5, 5.41) is 29.3. The second-order valence-corrected chi connectivity index (χ2v) is 6.58. The molecule has 2 aliphatic heterocycles. The molecule has 0 saturated carbocycles. The summed E-state index contributed by atoms with van der Waals surface area (Å²) in [6.07, 6.45) is 3.81. The molecule has 138 valence electrons. The zero-order chi connectivity index (χ0) is 18.4. The first-order chi connectivity index (χ1) is 13.2. The summed E-state index contributed by atoms with van der Waals surface area (Å²) >= 11 is 0. The maximum Gasteiger partial charge on any atom is 0.257 e. The Morgan fingerprint density at radius 3 is 3.04 bits per heavy atom. The Bertz CT molecular complexity index is 985. The van der Waals surface area contributed by atoms with Crippen LogP contribution in [-0.4, -0.2) is 70.3 Å². The summed E-state index contributed by atoms with van der Waals surface area (Å²) in [7, 11) is 0. The number of hydrogen-bond donors (Lipinski definition) is 1. The highest BCUT2D eigenvalue weighted by atomic mass is 16.5. The van der Waals surface area contributed by atoms with Gasteiger partial charge in [-0.15, -0.1) is 10.2 Å². The van der Waals surface area contributed by atoms with Crippen LogP contribution in [0.3, 0.4) is 0 Å². The van der Waals surface area contributed by atoms with Gasteiger partial charge in [0.2, 0.25) is 0 Å².